The predicted octanol–water partition coefficient (Wildman–Crippen LogP) is 5.66. The van der Waals surface area contributed by atoms with E-state index in [0.29, 0.717) is 5.75 Å². The normalized spacial score (nSPS) is 17.2. The molecule has 2 unspecified atom stereocenters. The molecule has 0 radical (unpaired) electrons. The maximum atomic E-state index is 11.8. The highest BCUT2D eigenvalue weighted by Gasteiger charge is 2.30. The number of carbonyl (C=O) groups is 1. The third-order valence-electron chi connectivity index (χ3n) is 6.44. The van der Waals surface area contributed by atoms with E-state index in [9.17, 15) is 9.90 Å². The van der Waals surface area contributed by atoms with Gasteiger partial charge in [-0.15, -0.1) is 0 Å². The lowest BCUT2D eigenvalue weighted by atomic mass is 9.85. The molecule has 1 N–H and O–H groups in total. The molecule has 2 aromatic heterocycles. The third kappa shape index (κ3) is 3.55. The third-order valence-corrected chi connectivity index (χ3v) is 6.44. The summed E-state index contributed by atoms with van der Waals surface area (Å²) in [4.78, 5) is 21.4. The molecule has 0 amide bonds. The average molecular weight is 442 g/mol. The molecule has 2 aromatic carbocycles. The number of hydrogen-bond acceptors (Lipinski definition) is 4. The quantitative estimate of drug-likeness (QED) is 0.442. The lowest BCUT2D eigenvalue weighted by molar-refractivity contribution is -0.137. The van der Waals surface area contributed by atoms with E-state index in [-0.39, 0.29) is 18.4 Å². The average Bonchev–Trinajstić information content (AvgIpc) is 3.11. The van der Waals surface area contributed by atoms with Crippen LogP contribution in [-0.2, 0) is 11.2 Å². The Morgan fingerprint density at radius 3 is 2.55 bits per heavy atom. The van der Waals surface area contributed by atoms with Crippen LogP contribution in [0.3, 0.4) is 0 Å². The lowest BCUT2D eigenvalue weighted by Crippen LogP contribution is -2.09. The molecule has 0 fully saturated rings. The fourth-order valence-corrected chi connectivity index (χ4v) is 4.98. The van der Waals surface area contributed by atoms with Gasteiger partial charge in [-0.25, -0.2) is 9.97 Å². The fraction of sp³-hybridized carbons (Fsp3) is 0.296. The van der Waals surface area contributed by atoms with Crippen LogP contribution in [0, 0.1) is 13.8 Å². The number of carboxylic acids is 1. The smallest absolute Gasteiger partial charge is 0.304 e. The van der Waals surface area contributed by atoms with Crippen molar-refractivity contribution >= 4 is 17.1 Å². The molecule has 168 valence electrons. The van der Waals surface area contributed by atoms with Crippen LogP contribution in [0.2, 0.25) is 0 Å². The molecule has 0 spiro atoms. The number of aliphatic carboxylic acids is 1. The topological polar surface area (TPSA) is 77.2 Å². The molecule has 0 bridgehead atoms. The molecule has 5 rings (SSSR count). The molecule has 4 aromatic rings. The first-order valence-electron chi connectivity index (χ1n) is 11.3. The molecule has 6 heteroatoms. The second kappa shape index (κ2) is 8.03. The number of pyridine rings is 1. The number of hydrogen-bond donors (Lipinski definition) is 1. The maximum absolute atomic E-state index is 11.8. The second-order valence-electron chi connectivity index (χ2n) is 8.73. The van der Waals surface area contributed by atoms with Crippen molar-refractivity contribution in [3.8, 4) is 11.4 Å². The minimum Gasteiger partial charge on any atom is -0.486 e. The number of benzene rings is 2. The number of carboxylic acid groups (broad SMARTS) is 1. The zero-order valence-electron chi connectivity index (χ0n) is 19.3. The summed E-state index contributed by atoms with van der Waals surface area (Å²) >= 11 is 0. The van der Waals surface area contributed by atoms with Crippen LogP contribution >= 0.6 is 0 Å². The van der Waals surface area contributed by atoms with Gasteiger partial charge in [0, 0.05) is 29.7 Å². The van der Waals surface area contributed by atoms with Crippen molar-refractivity contribution in [1.29, 1.82) is 0 Å². The Bertz CT molecular complexity index is 1390. The van der Waals surface area contributed by atoms with Gasteiger partial charge in [-0.3, -0.25) is 9.36 Å². The van der Waals surface area contributed by atoms with Crippen molar-refractivity contribution in [3.63, 3.8) is 0 Å². The monoisotopic (exact) mass is 441 g/mol. The van der Waals surface area contributed by atoms with Crippen LogP contribution in [0.25, 0.3) is 16.9 Å². The predicted molar refractivity (Wildman–Crippen MR) is 127 cm³/mol. The number of fused-ring (bicyclic) bond motifs is 3. The Hall–Kier alpha value is -3.67. The summed E-state index contributed by atoms with van der Waals surface area (Å²) in [5, 5.41) is 9.66. The van der Waals surface area contributed by atoms with Gasteiger partial charge in [-0.05, 0) is 49.6 Å². The van der Waals surface area contributed by atoms with Crippen LogP contribution < -0.4 is 4.74 Å². The van der Waals surface area contributed by atoms with Crippen molar-refractivity contribution in [2.24, 2.45) is 0 Å². The van der Waals surface area contributed by atoms with Crippen molar-refractivity contribution < 1.29 is 14.6 Å². The van der Waals surface area contributed by atoms with Crippen molar-refractivity contribution in [2.75, 3.05) is 0 Å². The Morgan fingerprint density at radius 1 is 1.06 bits per heavy atom. The summed E-state index contributed by atoms with van der Waals surface area (Å²) in [6, 6.07) is 16.0. The molecule has 1 aliphatic rings. The first-order chi connectivity index (χ1) is 15.9. The van der Waals surface area contributed by atoms with E-state index < -0.39 is 5.97 Å². The lowest BCUT2D eigenvalue weighted by Gasteiger charge is -2.18. The largest absolute Gasteiger partial charge is 0.486 e. The number of aryl methyl sites for hydroxylation is 3. The summed E-state index contributed by atoms with van der Waals surface area (Å²) in [5.74, 6) is 0.526. The fourth-order valence-electron chi connectivity index (χ4n) is 4.98. The van der Waals surface area contributed by atoms with Crippen LogP contribution in [0.4, 0.5) is 0 Å². The van der Waals surface area contributed by atoms with Gasteiger partial charge in [-0.2, -0.15) is 0 Å². The standard InChI is InChI=1S/C27H27N3O3/c1-5-24-29-26-15(2)12-16(3)28-27(26)30(24)18-10-11-21-22(14-25(31)32)20-9-7-6-8-19(20)17(4)33-23(21)13-18/h6-13,17,22H,5,14H2,1-4H3,(H,31,32). The Balaban J connectivity index is 1.72. The number of nitrogens with zero attached hydrogens (tertiary/aromatic N) is 3. The summed E-state index contributed by atoms with van der Waals surface area (Å²) < 4.78 is 8.51. The van der Waals surface area contributed by atoms with E-state index in [1.807, 2.05) is 56.3 Å². The zero-order valence-corrected chi connectivity index (χ0v) is 19.3. The zero-order chi connectivity index (χ0) is 23.3. The van der Waals surface area contributed by atoms with E-state index in [2.05, 4.69) is 24.5 Å². The molecule has 3 heterocycles. The van der Waals surface area contributed by atoms with Gasteiger partial charge in [0.1, 0.15) is 23.2 Å². The van der Waals surface area contributed by atoms with Crippen molar-refractivity contribution in [2.45, 2.75) is 52.6 Å². The maximum Gasteiger partial charge on any atom is 0.304 e. The molecule has 1 aliphatic heterocycles. The highest BCUT2D eigenvalue weighted by Crippen LogP contribution is 2.43. The molecule has 2 atom stereocenters. The van der Waals surface area contributed by atoms with Gasteiger partial charge >= 0.3 is 5.97 Å². The van der Waals surface area contributed by atoms with E-state index in [1.54, 1.807) is 0 Å². The van der Waals surface area contributed by atoms with Gasteiger partial charge < -0.3 is 9.84 Å². The molecule has 33 heavy (non-hydrogen) atoms. The first kappa shape index (κ1) is 21.2. The number of ether oxygens (including phenoxy) is 1. The van der Waals surface area contributed by atoms with Crippen LogP contribution in [-0.4, -0.2) is 25.6 Å². The van der Waals surface area contributed by atoms with E-state index in [1.165, 1.54) is 0 Å². The summed E-state index contributed by atoms with van der Waals surface area (Å²) in [7, 11) is 0. The SMILES string of the molecule is CCc1nc2c(C)cc(C)nc2n1-c1ccc2c(c1)OC(C)c1ccccc1C2CC(=O)O. The van der Waals surface area contributed by atoms with Gasteiger partial charge in [-0.1, -0.05) is 37.3 Å². The molecule has 0 saturated heterocycles. The molecular weight excluding hydrogens is 414 g/mol. The van der Waals surface area contributed by atoms with Crippen molar-refractivity contribution in [3.05, 3.63) is 82.3 Å². The first-order valence-corrected chi connectivity index (χ1v) is 11.3. The highest BCUT2D eigenvalue weighted by molar-refractivity contribution is 5.78. The molecular formula is C27H27N3O3. The molecule has 0 saturated carbocycles. The summed E-state index contributed by atoms with van der Waals surface area (Å²) in [6.07, 6.45) is 0.575. The summed E-state index contributed by atoms with van der Waals surface area (Å²) in [5.41, 5.74) is 7.61. The second-order valence-corrected chi connectivity index (χ2v) is 8.73. The van der Waals surface area contributed by atoms with Gasteiger partial charge in [0.15, 0.2) is 5.65 Å². The Kier molecular flexibility index (Phi) is 5.16. The van der Waals surface area contributed by atoms with Crippen molar-refractivity contribution in [1.82, 2.24) is 14.5 Å². The minimum absolute atomic E-state index is 0.00754. The number of imidazole rings is 1. The summed E-state index contributed by atoms with van der Waals surface area (Å²) in [6.45, 7) is 8.15. The van der Waals surface area contributed by atoms with E-state index in [4.69, 9.17) is 14.7 Å². The Morgan fingerprint density at radius 2 is 1.82 bits per heavy atom. The van der Waals surface area contributed by atoms with Gasteiger partial charge in [0.05, 0.1) is 12.1 Å². The van der Waals surface area contributed by atoms with Crippen LogP contribution in [0.15, 0.2) is 48.5 Å². The number of rotatable bonds is 4. The van der Waals surface area contributed by atoms with Crippen LogP contribution in [0.1, 0.15) is 66.1 Å². The van der Waals surface area contributed by atoms with Gasteiger partial charge in [0.25, 0.3) is 0 Å². The van der Waals surface area contributed by atoms with E-state index in [0.717, 1.165) is 57.0 Å². The van der Waals surface area contributed by atoms with E-state index >= 15 is 0 Å². The van der Waals surface area contributed by atoms with Crippen LogP contribution in [0.5, 0.6) is 5.75 Å². The Labute approximate surface area is 192 Å². The highest BCUT2D eigenvalue weighted by atomic mass is 16.5. The number of aromatic nitrogens is 3. The molecule has 6 nitrogen and oxygen atoms in total. The molecule has 0 aliphatic carbocycles. The minimum atomic E-state index is -0.830. The van der Waals surface area contributed by atoms with Gasteiger partial charge in [0.2, 0.25) is 0 Å².